The van der Waals surface area contributed by atoms with Gasteiger partial charge in [-0.3, -0.25) is 9.48 Å². The van der Waals surface area contributed by atoms with Gasteiger partial charge < -0.3 is 15.0 Å². The summed E-state index contributed by atoms with van der Waals surface area (Å²) in [6.45, 7) is 6.12. The van der Waals surface area contributed by atoms with Gasteiger partial charge in [0.15, 0.2) is 15.7 Å². The molecular weight excluding hydrogens is 442 g/mol. The highest BCUT2D eigenvalue weighted by Gasteiger charge is 2.34. The van der Waals surface area contributed by atoms with E-state index in [1.165, 1.54) is 0 Å². The van der Waals surface area contributed by atoms with Gasteiger partial charge in [-0.1, -0.05) is 6.92 Å². The van der Waals surface area contributed by atoms with Gasteiger partial charge in [-0.2, -0.15) is 10.4 Å². The third-order valence-electron chi connectivity index (χ3n) is 6.44. The summed E-state index contributed by atoms with van der Waals surface area (Å²) in [7, 11) is -3.49. The zero-order valence-electron chi connectivity index (χ0n) is 18.8. The summed E-state index contributed by atoms with van der Waals surface area (Å²) in [5.74, 6) is 0.0546. The molecule has 3 aromatic rings. The van der Waals surface area contributed by atoms with Crippen molar-refractivity contribution in [2.75, 3.05) is 18.5 Å². The molecule has 0 bridgehead atoms. The maximum absolute atomic E-state index is 12.9. The van der Waals surface area contributed by atoms with E-state index in [-0.39, 0.29) is 22.4 Å². The first-order chi connectivity index (χ1) is 15.7. The maximum Gasteiger partial charge on any atom is 0.261 e. The van der Waals surface area contributed by atoms with Crippen LogP contribution in [0.4, 0.5) is 11.5 Å². The predicted octanol–water partition coefficient (Wildman–Crippen LogP) is 3.53. The Balaban J connectivity index is 1.72. The van der Waals surface area contributed by atoms with Gasteiger partial charge in [-0.05, 0) is 57.0 Å². The van der Waals surface area contributed by atoms with E-state index in [0.717, 1.165) is 0 Å². The number of rotatable bonds is 6. The molecule has 2 atom stereocenters. The van der Waals surface area contributed by atoms with E-state index in [0.29, 0.717) is 48.5 Å². The fourth-order valence-corrected chi connectivity index (χ4v) is 5.43. The smallest absolute Gasteiger partial charge is 0.261 e. The lowest BCUT2D eigenvalue weighted by molar-refractivity contribution is 0.0359. The summed E-state index contributed by atoms with van der Waals surface area (Å²) in [5.41, 5.74) is 0.881. The Bertz CT molecular complexity index is 1370. The number of hydrogen-bond donors (Lipinski definition) is 2. The summed E-state index contributed by atoms with van der Waals surface area (Å²) in [4.78, 5) is 15.6. The van der Waals surface area contributed by atoms with Crippen molar-refractivity contribution in [2.45, 2.75) is 49.3 Å². The van der Waals surface area contributed by atoms with E-state index >= 15 is 0 Å². The molecule has 1 aliphatic heterocycles. The van der Waals surface area contributed by atoms with Gasteiger partial charge in [0.05, 0.1) is 39.8 Å². The summed E-state index contributed by atoms with van der Waals surface area (Å²) >= 11 is 0. The van der Waals surface area contributed by atoms with Crippen LogP contribution in [0.3, 0.4) is 0 Å². The average Bonchev–Trinajstić information content (AvgIpc) is 3.18. The summed E-state index contributed by atoms with van der Waals surface area (Å²) in [5, 5.41) is 17.7. The molecule has 1 saturated heterocycles. The highest BCUT2D eigenvalue weighted by atomic mass is 32.2. The molecule has 1 fully saturated rings. The second-order valence-corrected chi connectivity index (χ2v) is 11.4. The number of ether oxygens (including phenoxy) is 1. The molecule has 3 heterocycles. The number of pyridine rings is 1. The Hall–Kier alpha value is -3.16. The molecule has 0 radical (unpaired) electrons. The summed E-state index contributed by atoms with van der Waals surface area (Å²) in [6, 6.07) is 10.2. The average molecular weight is 470 g/mol. The minimum atomic E-state index is -3.49. The fraction of sp³-hybridized carbons (Fsp3) is 0.435. The van der Waals surface area contributed by atoms with Gasteiger partial charge in [0.25, 0.3) is 5.56 Å². The first-order valence-electron chi connectivity index (χ1n) is 10.9. The number of fused-ring (bicyclic) bond motifs is 1. The molecule has 0 spiro atoms. The Morgan fingerprint density at radius 2 is 2.03 bits per heavy atom. The van der Waals surface area contributed by atoms with Crippen LogP contribution in [0, 0.1) is 17.2 Å². The van der Waals surface area contributed by atoms with Crippen LogP contribution in [-0.4, -0.2) is 41.1 Å². The fourth-order valence-electron chi connectivity index (χ4n) is 3.92. The zero-order chi connectivity index (χ0) is 23.8. The molecule has 174 valence electrons. The first kappa shape index (κ1) is 23.0. The van der Waals surface area contributed by atoms with Gasteiger partial charge in [0.2, 0.25) is 0 Å². The number of anilines is 2. The van der Waals surface area contributed by atoms with Crippen LogP contribution >= 0.6 is 0 Å². The maximum atomic E-state index is 12.9. The number of aromatic nitrogens is 3. The molecule has 1 aliphatic rings. The van der Waals surface area contributed by atoms with Crippen molar-refractivity contribution in [2.24, 2.45) is 5.92 Å². The van der Waals surface area contributed by atoms with Crippen LogP contribution < -0.4 is 10.9 Å². The Morgan fingerprint density at radius 3 is 2.70 bits per heavy atom. The van der Waals surface area contributed by atoms with E-state index < -0.39 is 14.6 Å². The lowest BCUT2D eigenvalue weighted by atomic mass is 9.96. The number of H-pyrrole nitrogens is 1. The van der Waals surface area contributed by atoms with E-state index in [9.17, 15) is 18.5 Å². The molecule has 10 heteroatoms. The van der Waals surface area contributed by atoms with Crippen LogP contribution in [0.25, 0.3) is 10.9 Å². The Labute approximate surface area is 192 Å². The van der Waals surface area contributed by atoms with Gasteiger partial charge in [0.1, 0.15) is 5.39 Å². The van der Waals surface area contributed by atoms with Crippen molar-refractivity contribution in [3.8, 4) is 6.07 Å². The molecular formula is C23H27N5O4S. The number of nitrogens with zero attached hydrogens (tertiary/aromatic N) is 3. The minimum absolute atomic E-state index is 0.240. The van der Waals surface area contributed by atoms with Crippen LogP contribution in [0.5, 0.6) is 0 Å². The van der Waals surface area contributed by atoms with Gasteiger partial charge in [-0.15, -0.1) is 0 Å². The molecule has 2 N–H and O–H groups in total. The molecule has 0 saturated carbocycles. The van der Waals surface area contributed by atoms with Gasteiger partial charge in [-0.25, -0.2) is 8.42 Å². The number of sulfone groups is 1. The number of aromatic amines is 1. The van der Waals surface area contributed by atoms with E-state index in [1.807, 2.05) is 6.92 Å². The van der Waals surface area contributed by atoms with Crippen molar-refractivity contribution in [1.29, 1.82) is 5.26 Å². The number of nitrogens with one attached hydrogen (secondary N) is 2. The van der Waals surface area contributed by atoms with Gasteiger partial charge >= 0.3 is 0 Å². The van der Waals surface area contributed by atoms with E-state index in [2.05, 4.69) is 21.5 Å². The third kappa shape index (κ3) is 4.03. The standard InChI is InChI=1S/C23H27N5O4S/c1-4-23(2,3)33(30,31)17-7-5-16(6-8-17)26-21-20-18(9-11-25-22(20)29)28(27-21)19-14-32-12-10-15(19)13-24/h5-9,11,15,19H,4,10,12,14H2,1-3H3,(H,25,29)(H,26,27)/t15?,19-/m0/s1. The van der Waals surface area contributed by atoms with Crippen LogP contribution in [0.1, 0.15) is 39.7 Å². The Kier molecular flexibility index (Phi) is 6.03. The highest BCUT2D eigenvalue weighted by molar-refractivity contribution is 7.92. The summed E-state index contributed by atoms with van der Waals surface area (Å²) < 4.78 is 32.2. The topological polar surface area (TPSA) is 130 Å². The van der Waals surface area contributed by atoms with Crippen LogP contribution in [0.15, 0.2) is 46.2 Å². The predicted molar refractivity (Wildman–Crippen MR) is 125 cm³/mol. The second kappa shape index (κ2) is 8.65. The normalized spacial score (nSPS) is 19.3. The quantitative estimate of drug-likeness (QED) is 0.565. The molecule has 2 aromatic heterocycles. The molecule has 1 aromatic carbocycles. The Morgan fingerprint density at radius 1 is 1.30 bits per heavy atom. The second-order valence-electron chi connectivity index (χ2n) is 8.79. The number of nitriles is 1. The van der Waals surface area contributed by atoms with Crippen molar-refractivity contribution >= 4 is 32.2 Å². The third-order valence-corrected chi connectivity index (χ3v) is 9.08. The van der Waals surface area contributed by atoms with E-state index in [1.54, 1.807) is 55.1 Å². The van der Waals surface area contributed by atoms with Crippen LogP contribution in [0.2, 0.25) is 0 Å². The number of hydrogen-bond acceptors (Lipinski definition) is 7. The highest BCUT2D eigenvalue weighted by Crippen LogP contribution is 2.33. The van der Waals surface area contributed by atoms with Crippen molar-refractivity contribution < 1.29 is 13.2 Å². The molecule has 9 nitrogen and oxygen atoms in total. The summed E-state index contributed by atoms with van der Waals surface area (Å²) in [6.07, 6.45) is 2.64. The molecule has 1 unspecified atom stereocenters. The largest absolute Gasteiger partial charge is 0.379 e. The van der Waals surface area contributed by atoms with Gasteiger partial charge in [0, 0.05) is 18.5 Å². The monoisotopic (exact) mass is 469 g/mol. The van der Waals surface area contributed by atoms with E-state index in [4.69, 9.17) is 4.74 Å². The molecule has 0 aliphatic carbocycles. The zero-order valence-corrected chi connectivity index (χ0v) is 19.6. The van der Waals surface area contributed by atoms with Crippen molar-refractivity contribution in [3.63, 3.8) is 0 Å². The van der Waals surface area contributed by atoms with Crippen LogP contribution in [-0.2, 0) is 14.6 Å². The molecule has 33 heavy (non-hydrogen) atoms. The SMILES string of the molecule is CCC(C)(C)S(=O)(=O)c1ccc(Nc2nn([C@H]3COCCC3C#N)c3cc[nH]c(=O)c23)cc1. The van der Waals surface area contributed by atoms with Crippen molar-refractivity contribution in [1.82, 2.24) is 14.8 Å². The molecule has 4 rings (SSSR count). The van der Waals surface area contributed by atoms with Crippen molar-refractivity contribution in [3.05, 3.63) is 46.9 Å². The lowest BCUT2D eigenvalue weighted by Crippen LogP contribution is -2.30. The minimum Gasteiger partial charge on any atom is -0.379 e. The molecule has 0 amide bonds. The first-order valence-corrected chi connectivity index (χ1v) is 12.4. The lowest BCUT2D eigenvalue weighted by Gasteiger charge is -2.27. The number of benzene rings is 1.